The summed E-state index contributed by atoms with van der Waals surface area (Å²) < 4.78 is 0. The van der Waals surface area contributed by atoms with Crippen molar-refractivity contribution < 1.29 is 0 Å². The Balaban J connectivity index is 5.66. The van der Waals surface area contributed by atoms with E-state index in [4.69, 9.17) is 0 Å². The second kappa shape index (κ2) is 41.8. The predicted octanol–water partition coefficient (Wildman–Crippen LogP) is 19.4. The van der Waals surface area contributed by atoms with Crippen LogP contribution in [0.3, 0.4) is 0 Å². The summed E-state index contributed by atoms with van der Waals surface area (Å²) in [5.74, 6) is 2.09. The van der Waals surface area contributed by atoms with Crippen molar-refractivity contribution in [2.24, 2.45) is 5.41 Å². The fraction of sp³-hybridized carbons (Fsp3) is 0.980. The lowest BCUT2D eigenvalue weighted by Crippen LogP contribution is -2.30. The number of rotatable bonds is 44. The fourth-order valence-corrected chi connectivity index (χ4v) is 8.94. The minimum absolute atomic E-state index is 0.553. The molecule has 0 amide bonds. The van der Waals surface area contributed by atoms with Crippen molar-refractivity contribution in [2.75, 3.05) is 0 Å². The average Bonchev–Trinajstić information content (AvgIpc) is 3.13. The lowest BCUT2D eigenvalue weighted by molar-refractivity contribution is 0.188. The molecular weight excluding hydrogens is 601 g/mol. The highest BCUT2D eigenvalue weighted by Crippen LogP contribution is 2.49. The minimum atomic E-state index is 0.553. The van der Waals surface area contributed by atoms with Crippen LogP contribution < -0.4 is 0 Å². The van der Waals surface area contributed by atoms with Crippen molar-refractivity contribution in [1.82, 2.24) is 0 Å². The molecular formula is C50H101. The van der Waals surface area contributed by atoms with E-state index in [-0.39, 0.29) is 0 Å². The standard InChI is InChI=1S/C50H101/c1-6-11-16-21-26-27-28-33-38-43-48-50(46-41-36-31-24-19-14-9-4,47-42-37-32-25-20-15-10-5)49(44-39-34-29-22-17-12-7-2)45-40-35-30-23-18-13-8-3/h6-48H2,1-5H3. The fourth-order valence-electron chi connectivity index (χ4n) is 8.94. The van der Waals surface area contributed by atoms with E-state index in [1.54, 1.807) is 0 Å². The zero-order valence-corrected chi connectivity index (χ0v) is 36.4. The topological polar surface area (TPSA) is 0 Å². The second-order valence-electron chi connectivity index (χ2n) is 17.3. The summed E-state index contributed by atoms with van der Waals surface area (Å²) in [6, 6.07) is 0. The predicted molar refractivity (Wildman–Crippen MR) is 233 cm³/mol. The summed E-state index contributed by atoms with van der Waals surface area (Å²) in [5, 5.41) is 0. The van der Waals surface area contributed by atoms with E-state index in [9.17, 15) is 0 Å². The highest BCUT2D eigenvalue weighted by molar-refractivity contribution is 5.07. The van der Waals surface area contributed by atoms with Gasteiger partial charge >= 0.3 is 0 Å². The Hall–Kier alpha value is 0. The van der Waals surface area contributed by atoms with E-state index in [0.717, 1.165) is 0 Å². The van der Waals surface area contributed by atoms with Crippen molar-refractivity contribution in [1.29, 1.82) is 0 Å². The van der Waals surface area contributed by atoms with Gasteiger partial charge in [-0.1, -0.05) is 279 Å². The quantitative estimate of drug-likeness (QED) is 0.0555. The molecule has 0 saturated carbocycles. The van der Waals surface area contributed by atoms with Crippen LogP contribution in [0.5, 0.6) is 0 Å². The van der Waals surface area contributed by atoms with Gasteiger partial charge in [-0.3, -0.25) is 0 Å². The number of hydrogen-bond acceptors (Lipinski definition) is 0. The number of hydrogen-bond donors (Lipinski definition) is 0. The molecule has 0 N–H and O–H groups in total. The van der Waals surface area contributed by atoms with Crippen LogP contribution in [0.25, 0.3) is 0 Å². The molecule has 0 aromatic rings. The molecule has 0 heterocycles. The summed E-state index contributed by atoms with van der Waals surface area (Å²) in [7, 11) is 0. The van der Waals surface area contributed by atoms with E-state index >= 15 is 0 Å². The molecule has 50 heavy (non-hydrogen) atoms. The Morgan fingerprint density at radius 2 is 0.400 bits per heavy atom. The molecule has 0 saturated heterocycles. The first-order valence-corrected chi connectivity index (χ1v) is 24.6. The van der Waals surface area contributed by atoms with Crippen LogP contribution in [0.15, 0.2) is 0 Å². The van der Waals surface area contributed by atoms with Crippen LogP contribution in [0.4, 0.5) is 0 Å². The van der Waals surface area contributed by atoms with Gasteiger partial charge in [-0.2, -0.15) is 0 Å². The molecule has 0 unspecified atom stereocenters. The maximum atomic E-state index is 2.36. The Kier molecular flexibility index (Phi) is 41.8. The van der Waals surface area contributed by atoms with Crippen LogP contribution >= 0.6 is 0 Å². The van der Waals surface area contributed by atoms with Crippen LogP contribution in [-0.4, -0.2) is 0 Å². The van der Waals surface area contributed by atoms with Gasteiger partial charge in [-0.25, -0.2) is 0 Å². The normalized spacial score (nSPS) is 12.1. The van der Waals surface area contributed by atoms with Crippen molar-refractivity contribution in [2.45, 2.75) is 311 Å². The molecule has 0 aromatic carbocycles. The monoisotopic (exact) mass is 702 g/mol. The van der Waals surface area contributed by atoms with Gasteiger partial charge in [0.25, 0.3) is 0 Å². The van der Waals surface area contributed by atoms with Crippen LogP contribution in [0.1, 0.15) is 311 Å². The van der Waals surface area contributed by atoms with Gasteiger partial charge in [-0.05, 0) is 43.4 Å². The highest BCUT2D eigenvalue weighted by Gasteiger charge is 2.37. The molecule has 0 atom stereocenters. The number of unbranched alkanes of at least 4 members (excludes halogenated alkanes) is 33. The van der Waals surface area contributed by atoms with Crippen LogP contribution in [-0.2, 0) is 0 Å². The van der Waals surface area contributed by atoms with E-state index in [0.29, 0.717) is 5.41 Å². The first-order chi connectivity index (χ1) is 24.7. The molecule has 0 spiro atoms. The van der Waals surface area contributed by atoms with E-state index in [2.05, 4.69) is 40.5 Å². The summed E-state index contributed by atoms with van der Waals surface area (Å²) in [6.07, 6.45) is 63.0. The summed E-state index contributed by atoms with van der Waals surface area (Å²) in [6.45, 7) is 11.8. The molecule has 0 aliphatic heterocycles. The molecule has 0 bridgehead atoms. The van der Waals surface area contributed by atoms with Gasteiger partial charge in [0.2, 0.25) is 0 Å². The first kappa shape index (κ1) is 50.0. The summed E-state index contributed by atoms with van der Waals surface area (Å²) in [4.78, 5) is 0. The van der Waals surface area contributed by atoms with Crippen molar-refractivity contribution in [3.05, 3.63) is 5.92 Å². The third-order valence-corrected chi connectivity index (χ3v) is 12.4. The molecule has 0 aromatic heterocycles. The smallest absolute Gasteiger partial charge is 0.0179 e. The van der Waals surface area contributed by atoms with Gasteiger partial charge < -0.3 is 0 Å². The summed E-state index contributed by atoms with van der Waals surface area (Å²) in [5.41, 5.74) is 0.553. The third-order valence-electron chi connectivity index (χ3n) is 12.4. The average molecular weight is 702 g/mol. The minimum Gasteiger partial charge on any atom is -0.0654 e. The Morgan fingerprint density at radius 1 is 0.220 bits per heavy atom. The van der Waals surface area contributed by atoms with Gasteiger partial charge in [-0.15, -0.1) is 0 Å². The molecule has 0 nitrogen and oxygen atoms in total. The molecule has 1 radical (unpaired) electrons. The SMILES string of the molecule is CCCCCCCCCCCCC(CCCCCCCCC)(CCCCCCCCC)[C](CCCCCCCCC)CCCCCCCCC. The maximum Gasteiger partial charge on any atom is -0.0179 e. The zero-order chi connectivity index (χ0) is 36.5. The molecule has 0 aliphatic rings. The van der Waals surface area contributed by atoms with Gasteiger partial charge in [0.15, 0.2) is 0 Å². The van der Waals surface area contributed by atoms with E-state index in [1.165, 1.54) is 276 Å². The second-order valence-corrected chi connectivity index (χ2v) is 17.3. The molecule has 0 aliphatic carbocycles. The van der Waals surface area contributed by atoms with Gasteiger partial charge in [0.1, 0.15) is 0 Å². The lowest BCUT2D eigenvalue weighted by atomic mass is 9.62. The first-order valence-electron chi connectivity index (χ1n) is 24.6. The van der Waals surface area contributed by atoms with Crippen molar-refractivity contribution in [3.63, 3.8) is 0 Å². The van der Waals surface area contributed by atoms with Crippen molar-refractivity contribution in [3.8, 4) is 0 Å². The van der Waals surface area contributed by atoms with E-state index in [1.807, 2.05) is 0 Å². The van der Waals surface area contributed by atoms with E-state index < -0.39 is 0 Å². The lowest BCUT2D eigenvalue weighted by Gasteiger charge is -2.42. The molecule has 0 heteroatoms. The molecule has 301 valence electrons. The molecule has 0 rings (SSSR count). The van der Waals surface area contributed by atoms with Gasteiger partial charge in [0.05, 0.1) is 0 Å². The summed E-state index contributed by atoms with van der Waals surface area (Å²) >= 11 is 0. The largest absolute Gasteiger partial charge is 0.0654 e. The Labute approximate surface area is 321 Å². The van der Waals surface area contributed by atoms with Gasteiger partial charge in [0, 0.05) is 0 Å². The molecule has 0 fully saturated rings. The maximum absolute atomic E-state index is 2.36. The van der Waals surface area contributed by atoms with Crippen LogP contribution in [0, 0.1) is 11.3 Å². The van der Waals surface area contributed by atoms with Crippen LogP contribution in [0.2, 0.25) is 0 Å². The zero-order valence-electron chi connectivity index (χ0n) is 36.4. The third kappa shape index (κ3) is 32.6. The highest BCUT2D eigenvalue weighted by atomic mass is 14.4. The van der Waals surface area contributed by atoms with Crippen molar-refractivity contribution >= 4 is 0 Å². The Morgan fingerprint density at radius 3 is 0.620 bits per heavy atom. The Bertz CT molecular complexity index is 555.